The molecule has 1 N–H and O–H groups in total. The summed E-state index contributed by atoms with van der Waals surface area (Å²) in [6.07, 6.45) is 1.07. The minimum absolute atomic E-state index is 0.421. The summed E-state index contributed by atoms with van der Waals surface area (Å²) in [5.41, 5.74) is 1.38. The molecule has 16 heavy (non-hydrogen) atoms. The highest BCUT2D eigenvalue weighted by molar-refractivity contribution is 9.10. The first kappa shape index (κ1) is 12.3. The van der Waals surface area contributed by atoms with Gasteiger partial charge in [0.2, 0.25) is 0 Å². The van der Waals surface area contributed by atoms with Crippen LogP contribution in [-0.2, 0) is 6.42 Å². The first-order valence-corrected chi connectivity index (χ1v) is 7.90. The van der Waals surface area contributed by atoms with E-state index in [0.29, 0.717) is 6.04 Å². The Bertz CT molecular complexity index is 422. The minimum Gasteiger partial charge on any atom is -0.310 e. The smallest absolute Gasteiger partial charge is 0.0388 e. The fourth-order valence-electron chi connectivity index (χ4n) is 1.71. The summed E-state index contributed by atoms with van der Waals surface area (Å²) >= 11 is 7.19. The van der Waals surface area contributed by atoms with Crippen LogP contribution in [0.25, 0.3) is 0 Å². The van der Waals surface area contributed by atoms with Gasteiger partial charge in [-0.2, -0.15) is 11.3 Å². The normalized spacial score (nSPS) is 12.9. The molecule has 0 aliphatic heterocycles. The van der Waals surface area contributed by atoms with Crippen molar-refractivity contribution in [3.05, 3.63) is 43.2 Å². The molecule has 86 valence electrons. The standard InChI is InChI=1S/C12H14BrNS2/c1-2-14-12(6-9-4-3-5-16-9)10-7-15-8-11(10)13/h3-5,7-8,12,14H,2,6H2,1H3. The van der Waals surface area contributed by atoms with Gasteiger partial charge in [0.15, 0.2) is 0 Å². The lowest BCUT2D eigenvalue weighted by Crippen LogP contribution is -2.22. The van der Waals surface area contributed by atoms with Crippen molar-refractivity contribution in [1.82, 2.24) is 5.32 Å². The summed E-state index contributed by atoms with van der Waals surface area (Å²) in [5.74, 6) is 0. The van der Waals surface area contributed by atoms with Gasteiger partial charge < -0.3 is 5.32 Å². The van der Waals surface area contributed by atoms with Gasteiger partial charge in [-0.3, -0.25) is 0 Å². The third-order valence-corrected chi connectivity index (χ3v) is 5.10. The van der Waals surface area contributed by atoms with Crippen LogP contribution in [0.3, 0.4) is 0 Å². The van der Waals surface area contributed by atoms with Crippen LogP contribution in [0.2, 0.25) is 0 Å². The second-order valence-electron chi connectivity index (χ2n) is 3.57. The predicted molar refractivity (Wildman–Crippen MR) is 76.5 cm³/mol. The van der Waals surface area contributed by atoms with E-state index in [1.807, 2.05) is 11.3 Å². The second-order valence-corrected chi connectivity index (χ2v) is 6.20. The maximum Gasteiger partial charge on any atom is 0.0388 e. The van der Waals surface area contributed by atoms with Crippen LogP contribution in [0.15, 0.2) is 32.7 Å². The predicted octanol–water partition coefficient (Wildman–Crippen LogP) is 4.47. The van der Waals surface area contributed by atoms with Crippen molar-refractivity contribution >= 4 is 38.6 Å². The zero-order valence-electron chi connectivity index (χ0n) is 9.07. The van der Waals surface area contributed by atoms with E-state index in [9.17, 15) is 0 Å². The number of hydrogen-bond donors (Lipinski definition) is 1. The summed E-state index contributed by atoms with van der Waals surface area (Å²) in [6.45, 7) is 3.15. The summed E-state index contributed by atoms with van der Waals surface area (Å²) in [6, 6.07) is 4.74. The van der Waals surface area contributed by atoms with Gasteiger partial charge in [-0.05, 0) is 44.9 Å². The third kappa shape index (κ3) is 2.94. The van der Waals surface area contributed by atoms with Crippen LogP contribution >= 0.6 is 38.6 Å². The quantitative estimate of drug-likeness (QED) is 0.858. The van der Waals surface area contributed by atoms with Crippen LogP contribution in [0.5, 0.6) is 0 Å². The Balaban J connectivity index is 2.14. The number of rotatable bonds is 5. The van der Waals surface area contributed by atoms with Crippen LogP contribution in [0, 0.1) is 0 Å². The molecule has 2 rings (SSSR count). The zero-order valence-corrected chi connectivity index (χ0v) is 12.3. The van der Waals surface area contributed by atoms with Crippen molar-refractivity contribution < 1.29 is 0 Å². The molecule has 1 nitrogen and oxygen atoms in total. The van der Waals surface area contributed by atoms with Gasteiger partial charge in [-0.25, -0.2) is 0 Å². The van der Waals surface area contributed by atoms with Gasteiger partial charge in [-0.1, -0.05) is 13.0 Å². The maximum atomic E-state index is 3.61. The number of thiophene rings is 2. The molecule has 0 aliphatic rings. The van der Waals surface area contributed by atoms with E-state index in [-0.39, 0.29) is 0 Å². The molecule has 0 amide bonds. The SMILES string of the molecule is CCNC(Cc1cccs1)c1cscc1Br. The van der Waals surface area contributed by atoms with E-state index in [4.69, 9.17) is 0 Å². The van der Waals surface area contributed by atoms with E-state index >= 15 is 0 Å². The molecule has 0 fully saturated rings. The monoisotopic (exact) mass is 315 g/mol. The van der Waals surface area contributed by atoms with Crippen molar-refractivity contribution in [2.24, 2.45) is 0 Å². The molecule has 2 heterocycles. The Morgan fingerprint density at radius 1 is 1.44 bits per heavy atom. The Morgan fingerprint density at radius 2 is 2.31 bits per heavy atom. The molecular weight excluding hydrogens is 302 g/mol. The fraction of sp³-hybridized carbons (Fsp3) is 0.333. The molecule has 0 spiro atoms. The number of halogens is 1. The molecule has 4 heteroatoms. The Morgan fingerprint density at radius 3 is 2.88 bits per heavy atom. The summed E-state index contributed by atoms with van der Waals surface area (Å²) in [7, 11) is 0. The Labute approximate surface area is 113 Å². The van der Waals surface area contributed by atoms with Crippen molar-refractivity contribution in [2.75, 3.05) is 6.54 Å². The first-order valence-electron chi connectivity index (χ1n) is 5.28. The summed E-state index contributed by atoms with van der Waals surface area (Å²) in [5, 5.41) is 10.1. The van der Waals surface area contributed by atoms with Gasteiger partial charge in [0.1, 0.15) is 0 Å². The lowest BCUT2D eigenvalue weighted by molar-refractivity contribution is 0.553. The molecule has 0 aromatic carbocycles. The number of hydrogen-bond acceptors (Lipinski definition) is 3. The molecule has 0 bridgehead atoms. The number of likely N-dealkylation sites (N-methyl/N-ethyl adjacent to an activating group) is 1. The Hall–Kier alpha value is -0.160. The first-order chi connectivity index (χ1) is 7.81. The third-order valence-electron chi connectivity index (χ3n) is 2.45. The van der Waals surface area contributed by atoms with Crippen LogP contribution in [0.1, 0.15) is 23.4 Å². The highest BCUT2D eigenvalue weighted by atomic mass is 79.9. The fourth-order valence-corrected chi connectivity index (χ4v) is 4.09. The summed E-state index contributed by atoms with van der Waals surface area (Å²) in [4.78, 5) is 1.43. The molecule has 0 saturated heterocycles. The molecule has 1 unspecified atom stereocenters. The van der Waals surface area contributed by atoms with Crippen LogP contribution in [0.4, 0.5) is 0 Å². The average molecular weight is 316 g/mol. The zero-order chi connectivity index (χ0) is 11.4. The minimum atomic E-state index is 0.421. The van der Waals surface area contributed by atoms with E-state index in [1.165, 1.54) is 14.9 Å². The van der Waals surface area contributed by atoms with Crippen LogP contribution < -0.4 is 5.32 Å². The Kier molecular flexibility index (Phi) is 4.58. The molecule has 2 aromatic heterocycles. The van der Waals surface area contributed by atoms with E-state index in [1.54, 1.807) is 11.3 Å². The molecule has 0 aliphatic carbocycles. The lowest BCUT2D eigenvalue weighted by Gasteiger charge is -2.16. The maximum absolute atomic E-state index is 3.61. The van der Waals surface area contributed by atoms with Crippen molar-refractivity contribution in [3.63, 3.8) is 0 Å². The second kappa shape index (κ2) is 5.96. The van der Waals surface area contributed by atoms with E-state index < -0.39 is 0 Å². The van der Waals surface area contributed by atoms with Gasteiger partial charge in [-0.15, -0.1) is 11.3 Å². The molecule has 0 radical (unpaired) electrons. The van der Waals surface area contributed by atoms with Crippen molar-refractivity contribution in [3.8, 4) is 0 Å². The van der Waals surface area contributed by atoms with Gasteiger partial charge in [0, 0.05) is 27.2 Å². The topological polar surface area (TPSA) is 12.0 Å². The average Bonchev–Trinajstić information content (AvgIpc) is 2.88. The molecule has 2 aromatic rings. The van der Waals surface area contributed by atoms with E-state index in [0.717, 1.165) is 13.0 Å². The van der Waals surface area contributed by atoms with Crippen molar-refractivity contribution in [2.45, 2.75) is 19.4 Å². The highest BCUT2D eigenvalue weighted by Gasteiger charge is 2.15. The number of nitrogens with one attached hydrogen (secondary N) is 1. The molecule has 1 atom stereocenters. The lowest BCUT2D eigenvalue weighted by atomic mass is 10.1. The van der Waals surface area contributed by atoms with Gasteiger partial charge >= 0.3 is 0 Å². The van der Waals surface area contributed by atoms with Crippen LogP contribution in [-0.4, -0.2) is 6.54 Å². The molecular formula is C12H14BrNS2. The molecule has 0 saturated carbocycles. The van der Waals surface area contributed by atoms with Crippen molar-refractivity contribution in [1.29, 1.82) is 0 Å². The van der Waals surface area contributed by atoms with Gasteiger partial charge in [0.05, 0.1) is 0 Å². The summed E-state index contributed by atoms with van der Waals surface area (Å²) < 4.78 is 1.22. The largest absolute Gasteiger partial charge is 0.310 e. The van der Waals surface area contributed by atoms with Gasteiger partial charge in [0.25, 0.3) is 0 Å². The highest BCUT2D eigenvalue weighted by Crippen LogP contribution is 2.30. The van der Waals surface area contributed by atoms with E-state index in [2.05, 4.69) is 56.4 Å².